The second-order valence-electron chi connectivity index (χ2n) is 3.69. The molecule has 0 unspecified atom stereocenters. The summed E-state index contributed by atoms with van der Waals surface area (Å²) in [5.74, 6) is 0.989. The maximum Gasteiger partial charge on any atom is 0.411 e. The number of halogens is 3. The Hall–Kier alpha value is -1.44. The topological polar surface area (TPSA) is 73.9 Å². The van der Waals surface area contributed by atoms with Crippen LogP contribution in [0.2, 0.25) is 0 Å². The molecule has 0 saturated heterocycles. The number of ether oxygens (including phenoxy) is 1. The first-order chi connectivity index (χ1) is 8.40. The first-order valence-corrected chi connectivity index (χ1v) is 5.54. The first kappa shape index (κ1) is 14.6. The molecule has 1 rings (SSSR count). The fraction of sp³-hybridized carbons (Fsp3) is 0.700. The van der Waals surface area contributed by atoms with Gasteiger partial charge in [-0.25, -0.2) is 4.98 Å². The van der Waals surface area contributed by atoms with Gasteiger partial charge < -0.3 is 10.5 Å². The average Bonchev–Trinajstić information content (AvgIpc) is 2.23. The number of aromatic nitrogens is 3. The number of nitrogens with two attached hydrogens (primary N) is 1. The molecule has 18 heavy (non-hydrogen) atoms. The van der Waals surface area contributed by atoms with Gasteiger partial charge in [-0.1, -0.05) is 6.92 Å². The van der Waals surface area contributed by atoms with Crippen molar-refractivity contribution < 1.29 is 17.9 Å². The van der Waals surface area contributed by atoms with E-state index in [1.54, 1.807) is 0 Å². The molecule has 0 aromatic carbocycles. The Labute approximate surface area is 103 Å². The lowest BCUT2D eigenvalue weighted by molar-refractivity contribution is -0.173. The molecular weight excluding hydrogens is 249 g/mol. The fourth-order valence-electron chi connectivity index (χ4n) is 1.29. The predicted molar refractivity (Wildman–Crippen MR) is 58.8 cm³/mol. The monoisotopic (exact) mass is 264 g/mol. The molecule has 1 aromatic heterocycles. The highest BCUT2D eigenvalue weighted by Gasteiger charge is 2.27. The van der Waals surface area contributed by atoms with Crippen molar-refractivity contribution in [1.29, 1.82) is 0 Å². The number of nitrogens with zero attached hydrogens (tertiary/aromatic N) is 3. The van der Waals surface area contributed by atoms with E-state index in [1.807, 2.05) is 6.92 Å². The Morgan fingerprint density at radius 1 is 1.11 bits per heavy atom. The highest BCUT2D eigenvalue weighted by atomic mass is 19.4. The molecule has 8 heteroatoms. The molecule has 0 amide bonds. The van der Waals surface area contributed by atoms with Gasteiger partial charge in [0.05, 0.1) is 6.61 Å². The number of aryl methyl sites for hydroxylation is 1. The van der Waals surface area contributed by atoms with Crippen molar-refractivity contribution in [3.8, 4) is 0 Å². The molecule has 0 radical (unpaired) electrons. The molecule has 0 atom stereocenters. The van der Waals surface area contributed by atoms with Crippen LogP contribution in [0.4, 0.5) is 19.1 Å². The lowest BCUT2D eigenvalue weighted by Crippen LogP contribution is -2.18. The summed E-state index contributed by atoms with van der Waals surface area (Å²) in [6, 6.07) is 0. The van der Waals surface area contributed by atoms with Gasteiger partial charge in [0, 0.05) is 12.8 Å². The van der Waals surface area contributed by atoms with Gasteiger partial charge in [0.25, 0.3) is 0 Å². The summed E-state index contributed by atoms with van der Waals surface area (Å²) in [5.41, 5.74) is 5.48. The lowest BCUT2D eigenvalue weighted by Gasteiger charge is -2.07. The highest BCUT2D eigenvalue weighted by Crippen LogP contribution is 2.14. The minimum atomic E-state index is -4.31. The van der Waals surface area contributed by atoms with Gasteiger partial charge >= 0.3 is 6.18 Å². The van der Waals surface area contributed by atoms with E-state index in [4.69, 9.17) is 5.73 Å². The molecule has 5 nitrogen and oxygen atoms in total. The van der Waals surface area contributed by atoms with Gasteiger partial charge in [0.1, 0.15) is 18.3 Å². The zero-order valence-corrected chi connectivity index (χ0v) is 10.00. The predicted octanol–water partition coefficient (Wildman–Crippen LogP) is 1.53. The highest BCUT2D eigenvalue weighted by molar-refractivity contribution is 5.16. The van der Waals surface area contributed by atoms with E-state index in [9.17, 15) is 13.2 Å². The minimum Gasteiger partial charge on any atom is -0.372 e. The van der Waals surface area contributed by atoms with E-state index in [0.29, 0.717) is 18.1 Å². The van der Waals surface area contributed by atoms with Crippen LogP contribution < -0.4 is 5.73 Å². The largest absolute Gasteiger partial charge is 0.411 e. The summed E-state index contributed by atoms with van der Waals surface area (Å²) >= 11 is 0. The number of nitrogen functional groups attached to an aromatic ring is 1. The Morgan fingerprint density at radius 2 is 1.72 bits per heavy atom. The molecule has 1 heterocycles. The van der Waals surface area contributed by atoms with Crippen molar-refractivity contribution in [2.75, 3.05) is 18.9 Å². The van der Waals surface area contributed by atoms with E-state index < -0.39 is 12.8 Å². The van der Waals surface area contributed by atoms with E-state index in [0.717, 1.165) is 6.42 Å². The maximum absolute atomic E-state index is 11.8. The summed E-state index contributed by atoms with van der Waals surface area (Å²) in [4.78, 5) is 11.9. The molecule has 0 bridgehead atoms. The van der Waals surface area contributed by atoms with E-state index in [1.165, 1.54) is 0 Å². The first-order valence-electron chi connectivity index (χ1n) is 5.54. The number of rotatable bonds is 6. The number of anilines is 1. The lowest BCUT2D eigenvalue weighted by atomic mass is 10.3. The van der Waals surface area contributed by atoms with Crippen molar-refractivity contribution in [3.05, 3.63) is 11.6 Å². The Morgan fingerprint density at radius 3 is 2.28 bits per heavy atom. The molecule has 1 aromatic rings. The van der Waals surface area contributed by atoms with Crippen molar-refractivity contribution in [2.45, 2.75) is 32.4 Å². The summed E-state index contributed by atoms with van der Waals surface area (Å²) in [7, 11) is 0. The van der Waals surface area contributed by atoms with Crippen molar-refractivity contribution >= 4 is 5.95 Å². The van der Waals surface area contributed by atoms with Gasteiger partial charge in [-0.05, 0) is 6.42 Å². The molecule has 102 valence electrons. The van der Waals surface area contributed by atoms with Crippen molar-refractivity contribution in [2.24, 2.45) is 0 Å². The van der Waals surface area contributed by atoms with Crippen LogP contribution >= 0.6 is 0 Å². The summed E-state index contributed by atoms with van der Waals surface area (Å²) < 4.78 is 39.9. The molecule has 0 aliphatic heterocycles. The smallest absolute Gasteiger partial charge is 0.372 e. The Balaban J connectivity index is 2.46. The standard InChI is InChI=1S/C10H15F3N4O/c1-2-3-7-15-8(17-9(14)16-7)4-5-18-6-10(11,12)13/h2-6H2,1H3,(H2,14,15,16,17). The summed E-state index contributed by atoms with van der Waals surface area (Å²) in [6.45, 7) is 0.593. The van der Waals surface area contributed by atoms with E-state index in [-0.39, 0.29) is 19.0 Å². The zero-order valence-electron chi connectivity index (χ0n) is 10.00. The maximum atomic E-state index is 11.8. The quantitative estimate of drug-likeness (QED) is 0.789. The molecule has 0 aliphatic rings. The van der Waals surface area contributed by atoms with Gasteiger partial charge in [-0.2, -0.15) is 23.1 Å². The van der Waals surface area contributed by atoms with Crippen molar-refractivity contribution in [3.63, 3.8) is 0 Å². The molecule has 2 N–H and O–H groups in total. The number of alkyl halides is 3. The van der Waals surface area contributed by atoms with Crippen molar-refractivity contribution in [1.82, 2.24) is 15.0 Å². The van der Waals surface area contributed by atoms with Crippen LogP contribution in [0.5, 0.6) is 0 Å². The Bertz CT molecular complexity index is 384. The average molecular weight is 264 g/mol. The third-order valence-electron chi connectivity index (χ3n) is 1.95. The normalized spacial score (nSPS) is 11.8. The number of hydrogen-bond acceptors (Lipinski definition) is 5. The van der Waals surface area contributed by atoms with Crippen LogP contribution in [-0.2, 0) is 17.6 Å². The van der Waals surface area contributed by atoms with Gasteiger partial charge in [-0.15, -0.1) is 0 Å². The minimum absolute atomic E-state index is 0.0827. The van der Waals surface area contributed by atoms with E-state index >= 15 is 0 Å². The molecule has 0 fully saturated rings. The van der Waals surface area contributed by atoms with E-state index in [2.05, 4.69) is 19.7 Å². The van der Waals surface area contributed by atoms with Gasteiger partial charge in [0.15, 0.2) is 0 Å². The third-order valence-corrected chi connectivity index (χ3v) is 1.95. The Kier molecular flexibility index (Phi) is 5.26. The van der Waals surface area contributed by atoms with Crippen LogP contribution in [0.25, 0.3) is 0 Å². The van der Waals surface area contributed by atoms with Crippen LogP contribution in [0, 0.1) is 0 Å². The summed E-state index contributed by atoms with van der Waals surface area (Å²) in [5, 5.41) is 0. The molecule has 0 spiro atoms. The zero-order chi connectivity index (χ0) is 13.6. The second-order valence-corrected chi connectivity index (χ2v) is 3.69. The van der Waals surface area contributed by atoms with Crippen LogP contribution in [0.3, 0.4) is 0 Å². The summed E-state index contributed by atoms with van der Waals surface area (Å²) in [6.07, 6.45) is -2.62. The SMILES string of the molecule is CCCc1nc(N)nc(CCOCC(F)(F)F)n1. The molecule has 0 saturated carbocycles. The fourth-order valence-corrected chi connectivity index (χ4v) is 1.29. The molecular formula is C10H15F3N4O. The van der Waals surface area contributed by atoms with Crippen LogP contribution in [0.1, 0.15) is 25.0 Å². The van der Waals surface area contributed by atoms with Gasteiger partial charge in [-0.3, -0.25) is 0 Å². The van der Waals surface area contributed by atoms with Gasteiger partial charge in [0.2, 0.25) is 5.95 Å². The van der Waals surface area contributed by atoms with Crippen LogP contribution in [0.15, 0.2) is 0 Å². The second kappa shape index (κ2) is 6.48. The van der Waals surface area contributed by atoms with Crippen LogP contribution in [-0.4, -0.2) is 34.3 Å². The molecule has 0 aliphatic carbocycles. The number of hydrogen-bond donors (Lipinski definition) is 1. The third kappa shape index (κ3) is 5.76.